The van der Waals surface area contributed by atoms with Crippen LogP contribution in [-0.2, 0) is 11.3 Å². The van der Waals surface area contributed by atoms with E-state index in [2.05, 4.69) is 20.3 Å². The standard InChI is InChI=1S/C16H18FN5O3/c1-24-16-20-13(19-15(21-16)22-6-8-25-9-7-22)10-18-14(23)11-2-4-12(17)5-3-11/h2-5H,6-10H2,1H3,(H,18,23). The number of ether oxygens (including phenoxy) is 2. The Morgan fingerprint density at radius 1 is 1.24 bits per heavy atom. The molecular formula is C16H18FN5O3. The van der Waals surface area contributed by atoms with Crippen LogP contribution in [0.3, 0.4) is 0 Å². The van der Waals surface area contributed by atoms with Gasteiger partial charge in [-0.2, -0.15) is 15.0 Å². The fourth-order valence-electron chi connectivity index (χ4n) is 2.32. The van der Waals surface area contributed by atoms with E-state index < -0.39 is 5.82 Å². The SMILES string of the molecule is COc1nc(CNC(=O)c2ccc(F)cc2)nc(N2CCOCC2)n1. The molecule has 0 spiro atoms. The Morgan fingerprint density at radius 3 is 2.64 bits per heavy atom. The third-order valence-electron chi connectivity index (χ3n) is 3.64. The lowest BCUT2D eigenvalue weighted by Crippen LogP contribution is -2.37. The topological polar surface area (TPSA) is 89.5 Å². The second kappa shape index (κ2) is 7.84. The van der Waals surface area contributed by atoms with Crippen molar-refractivity contribution in [3.8, 4) is 6.01 Å². The van der Waals surface area contributed by atoms with Gasteiger partial charge >= 0.3 is 6.01 Å². The predicted octanol–water partition coefficient (Wildman–Crippen LogP) is 0.786. The first-order valence-corrected chi connectivity index (χ1v) is 7.81. The number of carbonyl (C=O) groups is 1. The van der Waals surface area contributed by atoms with E-state index in [1.54, 1.807) is 0 Å². The number of morpholine rings is 1. The number of nitrogens with zero attached hydrogens (tertiary/aromatic N) is 4. The van der Waals surface area contributed by atoms with Crippen LogP contribution in [0.25, 0.3) is 0 Å². The first-order valence-electron chi connectivity index (χ1n) is 7.81. The van der Waals surface area contributed by atoms with Crippen molar-refractivity contribution >= 4 is 11.9 Å². The van der Waals surface area contributed by atoms with Crippen molar-refractivity contribution in [2.45, 2.75) is 6.54 Å². The summed E-state index contributed by atoms with van der Waals surface area (Å²) in [5.41, 5.74) is 0.357. The minimum Gasteiger partial charge on any atom is -0.467 e. The molecule has 1 amide bonds. The molecule has 0 bridgehead atoms. The van der Waals surface area contributed by atoms with Crippen LogP contribution in [0, 0.1) is 5.82 Å². The van der Waals surface area contributed by atoms with Crippen molar-refractivity contribution in [1.82, 2.24) is 20.3 Å². The molecule has 3 rings (SSSR count). The molecule has 0 unspecified atom stereocenters. The second-order valence-electron chi connectivity index (χ2n) is 5.33. The summed E-state index contributed by atoms with van der Waals surface area (Å²) in [4.78, 5) is 26.8. The number of aromatic nitrogens is 3. The molecule has 0 radical (unpaired) electrons. The molecule has 2 aromatic rings. The van der Waals surface area contributed by atoms with Crippen molar-refractivity contribution < 1.29 is 18.7 Å². The molecule has 1 N–H and O–H groups in total. The lowest BCUT2D eigenvalue weighted by atomic mass is 10.2. The molecule has 1 aromatic carbocycles. The van der Waals surface area contributed by atoms with E-state index in [9.17, 15) is 9.18 Å². The van der Waals surface area contributed by atoms with Gasteiger partial charge in [-0.25, -0.2) is 4.39 Å². The quantitative estimate of drug-likeness (QED) is 0.855. The molecule has 1 saturated heterocycles. The predicted molar refractivity (Wildman–Crippen MR) is 87.0 cm³/mol. The molecule has 1 fully saturated rings. The summed E-state index contributed by atoms with van der Waals surface area (Å²) in [6.45, 7) is 2.66. The summed E-state index contributed by atoms with van der Waals surface area (Å²) in [6, 6.07) is 5.48. The highest BCUT2D eigenvalue weighted by Gasteiger charge is 2.17. The maximum Gasteiger partial charge on any atom is 0.321 e. The number of benzene rings is 1. The highest BCUT2D eigenvalue weighted by atomic mass is 19.1. The van der Waals surface area contributed by atoms with E-state index in [1.807, 2.05) is 4.90 Å². The number of hydrogen-bond donors (Lipinski definition) is 1. The summed E-state index contributed by atoms with van der Waals surface area (Å²) in [6.07, 6.45) is 0. The van der Waals surface area contributed by atoms with Crippen LogP contribution in [0.2, 0.25) is 0 Å². The monoisotopic (exact) mass is 347 g/mol. The normalized spacial score (nSPS) is 14.2. The molecule has 9 heteroatoms. The number of hydrogen-bond acceptors (Lipinski definition) is 7. The van der Waals surface area contributed by atoms with Crippen molar-refractivity contribution in [3.63, 3.8) is 0 Å². The third kappa shape index (κ3) is 4.38. The number of anilines is 1. The van der Waals surface area contributed by atoms with Crippen LogP contribution in [0.1, 0.15) is 16.2 Å². The van der Waals surface area contributed by atoms with Crippen molar-refractivity contribution in [1.29, 1.82) is 0 Å². The van der Waals surface area contributed by atoms with Gasteiger partial charge in [-0.1, -0.05) is 0 Å². The molecule has 132 valence electrons. The van der Waals surface area contributed by atoms with Gasteiger partial charge in [0.1, 0.15) is 5.82 Å². The number of rotatable bonds is 5. The minimum atomic E-state index is -0.395. The zero-order valence-electron chi connectivity index (χ0n) is 13.7. The summed E-state index contributed by atoms with van der Waals surface area (Å²) in [5.74, 6) is 0.131. The molecule has 0 saturated carbocycles. The fourth-order valence-corrected chi connectivity index (χ4v) is 2.32. The molecule has 8 nitrogen and oxygen atoms in total. The fraction of sp³-hybridized carbons (Fsp3) is 0.375. The Bertz CT molecular complexity index is 735. The van der Waals surface area contributed by atoms with Crippen molar-refractivity contribution in [2.24, 2.45) is 0 Å². The molecule has 0 atom stereocenters. The number of carbonyl (C=O) groups excluding carboxylic acids is 1. The van der Waals surface area contributed by atoms with Gasteiger partial charge in [-0.05, 0) is 24.3 Å². The first kappa shape index (κ1) is 17.0. The summed E-state index contributed by atoms with van der Waals surface area (Å²) in [7, 11) is 1.47. The van der Waals surface area contributed by atoms with Crippen LogP contribution in [0.5, 0.6) is 6.01 Å². The van der Waals surface area contributed by atoms with Gasteiger partial charge in [0.2, 0.25) is 5.95 Å². The van der Waals surface area contributed by atoms with Gasteiger partial charge in [-0.3, -0.25) is 4.79 Å². The largest absolute Gasteiger partial charge is 0.467 e. The van der Waals surface area contributed by atoms with Gasteiger partial charge in [0.15, 0.2) is 5.82 Å². The van der Waals surface area contributed by atoms with Crippen LogP contribution < -0.4 is 15.0 Å². The van der Waals surface area contributed by atoms with Gasteiger partial charge in [0.05, 0.1) is 26.9 Å². The Hall–Kier alpha value is -2.81. The van der Waals surface area contributed by atoms with Gasteiger partial charge in [0, 0.05) is 18.7 Å². The van der Waals surface area contributed by atoms with Crippen LogP contribution in [-0.4, -0.2) is 54.3 Å². The van der Waals surface area contributed by atoms with E-state index >= 15 is 0 Å². The Kier molecular flexibility index (Phi) is 5.34. The molecule has 1 aromatic heterocycles. The number of halogens is 1. The van der Waals surface area contributed by atoms with Crippen molar-refractivity contribution in [2.75, 3.05) is 38.3 Å². The average Bonchev–Trinajstić information content (AvgIpc) is 2.67. The lowest BCUT2D eigenvalue weighted by Gasteiger charge is -2.26. The molecular weight excluding hydrogens is 329 g/mol. The highest BCUT2D eigenvalue weighted by molar-refractivity contribution is 5.94. The maximum absolute atomic E-state index is 12.9. The van der Waals surface area contributed by atoms with Gasteiger partial charge < -0.3 is 19.7 Å². The van der Waals surface area contributed by atoms with E-state index in [-0.39, 0.29) is 18.5 Å². The molecule has 1 aliphatic heterocycles. The van der Waals surface area contributed by atoms with Crippen molar-refractivity contribution in [3.05, 3.63) is 41.5 Å². The van der Waals surface area contributed by atoms with Gasteiger partial charge in [0.25, 0.3) is 5.91 Å². The smallest absolute Gasteiger partial charge is 0.321 e. The zero-order chi connectivity index (χ0) is 17.6. The summed E-state index contributed by atoms with van der Waals surface area (Å²) < 4.78 is 23.4. The van der Waals surface area contributed by atoms with Crippen LogP contribution >= 0.6 is 0 Å². The van der Waals surface area contributed by atoms with Crippen LogP contribution in [0.4, 0.5) is 10.3 Å². The zero-order valence-corrected chi connectivity index (χ0v) is 13.7. The number of amides is 1. The molecule has 0 aliphatic carbocycles. The van der Waals surface area contributed by atoms with Crippen LogP contribution in [0.15, 0.2) is 24.3 Å². The molecule has 1 aliphatic rings. The van der Waals surface area contributed by atoms with E-state index in [4.69, 9.17) is 9.47 Å². The average molecular weight is 347 g/mol. The Morgan fingerprint density at radius 2 is 1.96 bits per heavy atom. The Labute approximate surface area is 144 Å². The summed E-state index contributed by atoms with van der Waals surface area (Å²) >= 11 is 0. The second-order valence-corrected chi connectivity index (χ2v) is 5.33. The number of methoxy groups -OCH3 is 1. The maximum atomic E-state index is 12.9. The number of nitrogens with one attached hydrogen (secondary N) is 1. The Balaban J connectivity index is 1.70. The van der Waals surface area contributed by atoms with E-state index in [1.165, 1.54) is 31.4 Å². The molecule has 25 heavy (non-hydrogen) atoms. The summed E-state index contributed by atoms with van der Waals surface area (Å²) in [5, 5.41) is 2.70. The molecule has 2 heterocycles. The van der Waals surface area contributed by atoms with Gasteiger partial charge in [-0.15, -0.1) is 0 Å². The highest BCUT2D eigenvalue weighted by Crippen LogP contribution is 2.14. The lowest BCUT2D eigenvalue weighted by molar-refractivity contribution is 0.0949. The third-order valence-corrected chi connectivity index (χ3v) is 3.64. The van der Waals surface area contributed by atoms with E-state index in [0.717, 1.165) is 0 Å². The first-order chi connectivity index (χ1) is 12.2. The minimum absolute atomic E-state index is 0.104. The van der Waals surface area contributed by atoms with E-state index in [0.29, 0.717) is 43.6 Å².